The van der Waals surface area contributed by atoms with Crippen LogP contribution >= 0.6 is 23.2 Å². The Labute approximate surface area is 220 Å². The molecule has 2 fully saturated rings. The Hall–Kier alpha value is -1.91. The van der Waals surface area contributed by atoms with Crippen LogP contribution < -0.4 is 9.46 Å². The summed E-state index contributed by atoms with van der Waals surface area (Å²) in [5.41, 5.74) is 1.36. The topological polar surface area (TPSA) is 84.9 Å². The number of hydrogen-bond donors (Lipinski definition) is 1. The number of ether oxygens (including phenoxy) is 2. The summed E-state index contributed by atoms with van der Waals surface area (Å²) in [7, 11) is -2.17. The van der Waals surface area contributed by atoms with Gasteiger partial charge in [-0.1, -0.05) is 23.2 Å². The SMILES string of the molecule is COC[C@H](c1cc(Cl)cc(Cl)c1)N1CCCC(Oc2cc(F)c(C(=O)NS(C)(=O)=O)cc2C2CC2)C1. The second-order valence-electron chi connectivity index (χ2n) is 9.40. The van der Waals surface area contributed by atoms with Crippen LogP contribution in [0.3, 0.4) is 0 Å². The number of carbonyl (C=O) groups is 1. The molecule has 11 heteroatoms. The number of rotatable bonds is 9. The van der Waals surface area contributed by atoms with Crippen molar-refractivity contribution >= 4 is 39.1 Å². The Morgan fingerprint density at radius 1 is 1.17 bits per heavy atom. The zero-order valence-corrected chi connectivity index (χ0v) is 22.4. The number of methoxy groups -OCH3 is 1. The zero-order chi connectivity index (χ0) is 26.0. The molecule has 2 aromatic carbocycles. The van der Waals surface area contributed by atoms with Crippen LogP contribution in [0.2, 0.25) is 10.0 Å². The van der Waals surface area contributed by atoms with Crippen molar-refractivity contribution in [1.82, 2.24) is 9.62 Å². The number of benzene rings is 2. The third kappa shape index (κ3) is 6.89. The second kappa shape index (κ2) is 11.2. The predicted octanol–water partition coefficient (Wildman–Crippen LogP) is 4.93. The van der Waals surface area contributed by atoms with Crippen LogP contribution in [0.15, 0.2) is 30.3 Å². The van der Waals surface area contributed by atoms with Gasteiger partial charge in [-0.05, 0) is 73.5 Å². The summed E-state index contributed by atoms with van der Waals surface area (Å²) < 4.78 is 51.5. The first kappa shape index (κ1) is 27.1. The van der Waals surface area contributed by atoms with Gasteiger partial charge in [0, 0.05) is 29.8 Å². The minimum absolute atomic E-state index is 0.0840. The Morgan fingerprint density at radius 2 is 1.86 bits per heavy atom. The Balaban J connectivity index is 1.55. The Bertz CT molecular complexity index is 1220. The number of piperidine rings is 1. The molecule has 1 unspecified atom stereocenters. The van der Waals surface area contributed by atoms with Crippen LogP contribution in [0.4, 0.5) is 4.39 Å². The maximum absolute atomic E-state index is 14.9. The fraction of sp³-hybridized carbons (Fsp3) is 0.480. The summed E-state index contributed by atoms with van der Waals surface area (Å²) in [4.78, 5) is 14.6. The van der Waals surface area contributed by atoms with Gasteiger partial charge in [-0.2, -0.15) is 0 Å². The van der Waals surface area contributed by atoms with Crippen molar-refractivity contribution in [3.8, 4) is 5.75 Å². The first-order valence-electron chi connectivity index (χ1n) is 11.7. The lowest BCUT2D eigenvalue weighted by Gasteiger charge is -2.38. The molecule has 1 saturated carbocycles. The summed E-state index contributed by atoms with van der Waals surface area (Å²) in [6.07, 6.45) is 4.10. The molecule has 1 N–H and O–H groups in total. The number of nitrogens with one attached hydrogen (secondary N) is 1. The molecule has 0 radical (unpaired) electrons. The summed E-state index contributed by atoms with van der Waals surface area (Å²) in [5.74, 6) is -1.27. The van der Waals surface area contributed by atoms with E-state index in [0.29, 0.717) is 28.9 Å². The van der Waals surface area contributed by atoms with E-state index in [4.69, 9.17) is 32.7 Å². The van der Waals surface area contributed by atoms with Crippen LogP contribution in [0, 0.1) is 5.82 Å². The van der Waals surface area contributed by atoms with Crippen LogP contribution in [0.1, 0.15) is 59.1 Å². The molecule has 2 atom stereocenters. The number of carbonyl (C=O) groups excluding carboxylic acids is 1. The van der Waals surface area contributed by atoms with Crippen molar-refractivity contribution < 1.29 is 27.1 Å². The molecule has 2 aromatic rings. The minimum Gasteiger partial charge on any atom is -0.489 e. The zero-order valence-electron chi connectivity index (χ0n) is 20.1. The molecule has 0 spiro atoms. The summed E-state index contributed by atoms with van der Waals surface area (Å²) >= 11 is 12.5. The van der Waals surface area contributed by atoms with E-state index in [1.54, 1.807) is 13.2 Å². The maximum atomic E-state index is 14.9. The first-order valence-corrected chi connectivity index (χ1v) is 14.4. The van der Waals surface area contributed by atoms with Gasteiger partial charge in [0.2, 0.25) is 10.0 Å². The van der Waals surface area contributed by atoms with Gasteiger partial charge < -0.3 is 9.47 Å². The molecular weight excluding hydrogens is 530 g/mol. The molecule has 36 heavy (non-hydrogen) atoms. The standard InChI is InChI=1S/C25H29Cl2FN2O5S/c1-34-14-23(16-8-17(26)10-18(27)9-16)30-7-3-4-19(13-30)35-24-12-22(28)21(11-20(24)15-5-6-15)25(31)29-36(2,32)33/h8-12,15,19,23H,3-7,13-14H2,1-2H3,(H,29,31)/t19?,23-/m1/s1. The number of amides is 1. The van der Waals surface area contributed by atoms with Crippen molar-refractivity contribution in [3.63, 3.8) is 0 Å². The molecular formula is C25H29Cl2FN2O5S. The number of halogens is 3. The molecule has 2 aliphatic rings. The third-order valence-corrected chi connectivity index (χ3v) is 7.37. The van der Waals surface area contributed by atoms with E-state index >= 15 is 0 Å². The highest BCUT2D eigenvalue weighted by molar-refractivity contribution is 7.89. The van der Waals surface area contributed by atoms with Gasteiger partial charge >= 0.3 is 0 Å². The van der Waals surface area contributed by atoms with Crippen molar-refractivity contribution in [3.05, 3.63) is 62.9 Å². The minimum atomic E-state index is -3.82. The maximum Gasteiger partial charge on any atom is 0.267 e. The lowest BCUT2D eigenvalue weighted by molar-refractivity contribution is 0.0284. The average Bonchev–Trinajstić information content (AvgIpc) is 3.61. The molecule has 0 bridgehead atoms. The third-order valence-electron chi connectivity index (χ3n) is 6.38. The normalized spacial score (nSPS) is 19.6. The van der Waals surface area contributed by atoms with Gasteiger partial charge in [0.1, 0.15) is 17.7 Å². The van der Waals surface area contributed by atoms with E-state index in [0.717, 1.165) is 49.6 Å². The fourth-order valence-corrected chi connectivity index (χ4v) is 5.64. The number of nitrogens with zero attached hydrogens (tertiary/aromatic N) is 1. The van der Waals surface area contributed by atoms with E-state index in [-0.39, 0.29) is 23.6 Å². The van der Waals surface area contributed by atoms with Crippen molar-refractivity contribution in [1.29, 1.82) is 0 Å². The lowest BCUT2D eigenvalue weighted by Crippen LogP contribution is -2.44. The molecule has 1 heterocycles. The van der Waals surface area contributed by atoms with E-state index in [2.05, 4.69) is 4.90 Å². The number of likely N-dealkylation sites (tertiary alicyclic amines) is 1. The highest BCUT2D eigenvalue weighted by Gasteiger charge is 2.33. The summed E-state index contributed by atoms with van der Waals surface area (Å²) in [6, 6.07) is 7.98. The van der Waals surface area contributed by atoms with E-state index in [9.17, 15) is 17.6 Å². The Morgan fingerprint density at radius 3 is 2.47 bits per heavy atom. The van der Waals surface area contributed by atoms with E-state index in [1.807, 2.05) is 16.9 Å². The smallest absolute Gasteiger partial charge is 0.267 e. The Kier molecular flexibility index (Phi) is 8.46. The quantitative estimate of drug-likeness (QED) is 0.469. The van der Waals surface area contributed by atoms with Crippen molar-refractivity contribution in [2.24, 2.45) is 0 Å². The second-order valence-corrected chi connectivity index (χ2v) is 12.0. The molecule has 196 valence electrons. The van der Waals surface area contributed by atoms with Gasteiger partial charge in [-0.25, -0.2) is 17.5 Å². The van der Waals surface area contributed by atoms with Crippen LogP contribution in [-0.2, 0) is 14.8 Å². The monoisotopic (exact) mass is 558 g/mol. The van der Waals surface area contributed by atoms with Crippen molar-refractivity contribution in [2.45, 2.75) is 43.7 Å². The largest absolute Gasteiger partial charge is 0.489 e. The molecule has 1 aliphatic heterocycles. The van der Waals surface area contributed by atoms with Gasteiger partial charge in [0.25, 0.3) is 5.91 Å². The first-order chi connectivity index (χ1) is 17.0. The van der Waals surface area contributed by atoms with Crippen molar-refractivity contribution in [2.75, 3.05) is 33.1 Å². The highest BCUT2D eigenvalue weighted by Crippen LogP contribution is 2.45. The van der Waals surface area contributed by atoms with Crippen LogP contribution in [0.5, 0.6) is 5.75 Å². The molecule has 4 rings (SSSR count). The van der Waals surface area contributed by atoms with Gasteiger partial charge in [-0.15, -0.1) is 0 Å². The van der Waals surface area contributed by atoms with E-state index < -0.39 is 21.7 Å². The number of sulfonamides is 1. The average molecular weight is 559 g/mol. The van der Waals surface area contributed by atoms with Gasteiger partial charge in [0.15, 0.2) is 0 Å². The molecule has 0 aromatic heterocycles. The van der Waals surface area contributed by atoms with E-state index in [1.165, 1.54) is 12.1 Å². The fourth-order valence-electron chi connectivity index (χ4n) is 4.65. The number of hydrogen-bond acceptors (Lipinski definition) is 6. The molecule has 7 nitrogen and oxygen atoms in total. The molecule has 1 amide bonds. The summed E-state index contributed by atoms with van der Waals surface area (Å²) in [5, 5.41) is 1.10. The predicted molar refractivity (Wildman–Crippen MR) is 137 cm³/mol. The van der Waals surface area contributed by atoms with Crippen LogP contribution in [0.25, 0.3) is 0 Å². The molecule has 1 saturated heterocycles. The van der Waals surface area contributed by atoms with Gasteiger partial charge in [0.05, 0.1) is 24.5 Å². The van der Waals surface area contributed by atoms with Gasteiger partial charge in [-0.3, -0.25) is 9.69 Å². The highest BCUT2D eigenvalue weighted by atomic mass is 35.5. The summed E-state index contributed by atoms with van der Waals surface area (Å²) in [6.45, 7) is 1.85. The van der Waals surface area contributed by atoms with Crippen LogP contribution in [-0.4, -0.2) is 58.4 Å². The molecule has 1 aliphatic carbocycles. The lowest BCUT2D eigenvalue weighted by atomic mass is 10.0.